The number of aliphatic hydroxyl groups excluding tert-OH is 1. The molecule has 0 atom stereocenters. The van der Waals surface area contributed by atoms with Crippen LogP contribution in [0.25, 0.3) is 0 Å². The summed E-state index contributed by atoms with van der Waals surface area (Å²) >= 11 is 0. The van der Waals surface area contributed by atoms with Crippen molar-refractivity contribution in [3.63, 3.8) is 0 Å². The minimum absolute atomic E-state index is 0.0600. The average molecular weight is 133 g/mol. The van der Waals surface area contributed by atoms with Crippen LogP contribution in [-0.4, -0.2) is 10.1 Å². The maximum atomic E-state index is 8.63. The fourth-order valence-electron chi connectivity index (χ4n) is 0.654. The molecule has 10 heavy (non-hydrogen) atoms. The summed E-state index contributed by atoms with van der Waals surface area (Å²) in [5.41, 5.74) is 1.36. The van der Waals surface area contributed by atoms with Gasteiger partial charge in [0.2, 0.25) is 0 Å². The van der Waals surface area contributed by atoms with Crippen LogP contribution in [0.5, 0.6) is 0 Å². The van der Waals surface area contributed by atoms with Gasteiger partial charge in [0.05, 0.1) is 12.3 Å². The lowest BCUT2D eigenvalue weighted by molar-refractivity contribution is 0.277. The van der Waals surface area contributed by atoms with Crippen LogP contribution in [0, 0.1) is 12.3 Å². The monoisotopic (exact) mass is 133 g/mol. The van der Waals surface area contributed by atoms with E-state index in [4.69, 9.17) is 11.5 Å². The van der Waals surface area contributed by atoms with Crippen molar-refractivity contribution in [1.29, 1.82) is 0 Å². The van der Waals surface area contributed by atoms with E-state index in [1.807, 2.05) is 0 Å². The highest BCUT2D eigenvalue weighted by atomic mass is 16.3. The van der Waals surface area contributed by atoms with Gasteiger partial charge in [-0.25, -0.2) is 0 Å². The lowest BCUT2D eigenvalue weighted by Gasteiger charge is -1.93. The SMILES string of the molecule is C#Cc1ccnc(CO)c1. The van der Waals surface area contributed by atoms with E-state index in [0.717, 1.165) is 5.56 Å². The molecule has 0 aliphatic heterocycles. The van der Waals surface area contributed by atoms with Crippen LogP contribution in [0.2, 0.25) is 0 Å². The summed E-state index contributed by atoms with van der Waals surface area (Å²) in [6.45, 7) is -0.0600. The number of hydrogen-bond donors (Lipinski definition) is 1. The zero-order valence-electron chi connectivity index (χ0n) is 5.41. The molecule has 1 heterocycles. The van der Waals surface area contributed by atoms with Gasteiger partial charge in [0.1, 0.15) is 0 Å². The smallest absolute Gasteiger partial charge is 0.0853 e. The van der Waals surface area contributed by atoms with Gasteiger partial charge in [0.15, 0.2) is 0 Å². The van der Waals surface area contributed by atoms with Gasteiger partial charge >= 0.3 is 0 Å². The van der Waals surface area contributed by atoms with Crippen molar-refractivity contribution in [3.05, 3.63) is 29.6 Å². The van der Waals surface area contributed by atoms with Crippen molar-refractivity contribution >= 4 is 0 Å². The number of nitrogens with zero attached hydrogens (tertiary/aromatic N) is 1. The molecular weight excluding hydrogens is 126 g/mol. The third kappa shape index (κ3) is 1.34. The Balaban J connectivity index is 3.01. The lowest BCUT2D eigenvalue weighted by Crippen LogP contribution is -1.88. The minimum atomic E-state index is -0.0600. The van der Waals surface area contributed by atoms with Gasteiger partial charge in [-0.2, -0.15) is 0 Å². The molecule has 1 aromatic heterocycles. The Hall–Kier alpha value is -1.33. The molecule has 2 nitrogen and oxygen atoms in total. The molecule has 0 fully saturated rings. The maximum absolute atomic E-state index is 8.63. The maximum Gasteiger partial charge on any atom is 0.0853 e. The Morgan fingerprint density at radius 3 is 3.10 bits per heavy atom. The molecule has 50 valence electrons. The first-order valence-electron chi connectivity index (χ1n) is 2.89. The van der Waals surface area contributed by atoms with Crippen LogP contribution in [0.1, 0.15) is 11.3 Å². The van der Waals surface area contributed by atoms with Crippen molar-refractivity contribution in [2.45, 2.75) is 6.61 Å². The number of aliphatic hydroxyl groups is 1. The second kappa shape index (κ2) is 3.00. The summed E-state index contributed by atoms with van der Waals surface area (Å²) in [4.78, 5) is 3.86. The summed E-state index contributed by atoms with van der Waals surface area (Å²) in [6, 6.07) is 3.40. The summed E-state index contributed by atoms with van der Waals surface area (Å²) in [5.74, 6) is 2.45. The first-order valence-corrected chi connectivity index (χ1v) is 2.89. The summed E-state index contributed by atoms with van der Waals surface area (Å²) in [6.07, 6.45) is 6.70. The molecule has 0 aliphatic carbocycles. The quantitative estimate of drug-likeness (QED) is 0.568. The fourth-order valence-corrected chi connectivity index (χ4v) is 0.654. The molecule has 0 unspecified atom stereocenters. The summed E-state index contributed by atoms with van der Waals surface area (Å²) < 4.78 is 0. The zero-order valence-corrected chi connectivity index (χ0v) is 5.41. The predicted molar refractivity (Wildman–Crippen MR) is 38.1 cm³/mol. The molecule has 0 amide bonds. The number of hydrogen-bond acceptors (Lipinski definition) is 2. The van der Waals surface area contributed by atoms with Gasteiger partial charge in [0.25, 0.3) is 0 Å². The Labute approximate surface area is 59.5 Å². The van der Waals surface area contributed by atoms with Gasteiger partial charge in [-0.1, -0.05) is 5.92 Å². The molecule has 2 heteroatoms. The average Bonchev–Trinajstić information content (AvgIpc) is 2.05. The van der Waals surface area contributed by atoms with E-state index in [0.29, 0.717) is 5.69 Å². The Kier molecular flexibility index (Phi) is 2.03. The van der Waals surface area contributed by atoms with Crippen molar-refractivity contribution in [2.75, 3.05) is 0 Å². The van der Waals surface area contributed by atoms with E-state index in [9.17, 15) is 0 Å². The van der Waals surface area contributed by atoms with Gasteiger partial charge in [0, 0.05) is 11.8 Å². The third-order valence-corrected chi connectivity index (χ3v) is 1.15. The van der Waals surface area contributed by atoms with E-state index in [2.05, 4.69) is 10.9 Å². The number of aromatic nitrogens is 1. The normalized spacial score (nSPS) is 8.80. The lowest BCUT2D eigenvalue weighted by atomic mass is 10.2. The molecule has 0 bridgehead atoms. The van der Waals surface area contributed by atoms with E-state index >= 15 is 0 Å². The van der Waals surface area contributed by atoms with Crippen LogP contribution in [0.15, 0.2) is 18.3 Å². The van der Waals surface area contributed by atoms with Crippen LogP contribution in [-0.2, 0) is 6.61 Å². The Morgan fingerprint density at radius 1 is 1.70 bits per heavy atom. The largest absolute Gasteiger partial charge is 0.390 e. The molecular formula is C8H7NO. The standard InChI is InChI=1S/C8H7NO/c1-2-7-3-4-9-8(5-7)6-10/h1,3-5,10H,6H2. The first-order chi connectivity index (χ1) is 4.86. The topological polar surface area (TPSA) is 33.1 Å². The van der Waals surface area contributed by atoms with E-state index in [1.54, 1.807) is 18.3 Å². The first kappa shape index (κ1) is 6.79. The third-order valence-electron chi connectivity index (χ3n) is 1.15. The molecule has 0 saturated heterocycles. The van der Waals surface area contributed by atoms with Gasteiger partial charge in [-0.3, -0.25) is 4.98 Å². The van der Waals surface area contributed by atoms with Crippen molar-refractivity contribution < 1.29 is 5.11 Å². The van der Waals surface area contributed by atoms with E-state index in [1.165, 1.54) is 0 Å². The molecule has 0 aromatic carbocycles. The molecule has 1 aromatic rings. The molecule has 0 spiro atoms. The minimum Gasteiger partial charge on any atom is -0.390 e. The van der Waals surface area contributed by atoms with Gasteiger partial charge in [-0.15, -0.1) is 6.42 Å². The fraction of sp³-hybridized carbons (Fsp3) is 0.125. The van der Waals surface area contributed by atoms with Gasteiger partial charge in [-0.05, 0) is 12.1 Å². The zero-order chi connectivity index (χ0) is 7.40. The second-order valence-corrected chi connectivity index (χ2v) is 1.84. The van der Waals surface area contributed by atoms with E-state index in [-0.39, 0.29) is 6.61 Å². The van der Waals surface area contributed by atoms with Crippen LogP contribution in [0.4, 0.5) is 0 Å². The number of rotatable bonds is 1. The van der Waals surface area contributed by atoms with E-state index < -0.39 is 0 Å². The highest BCUT2D eigenvalue weighted by Crippen LogP contribution is 1.98. The molecule has 0 radical (unpaired) electrons. The summed E-state index contributed by atoms with van der Waals surface area (Å²) in [5, 5.41) is 8.63. The highest BCUT2D eigenvalue weighted by molar-refractivity contribution is 5.31. The Bertz CT molecular complexity index is 262. The molecule has 0 aliphatic rings. The Morgan fingerprint density at radius 2 is 2.50 bits per heavy atom. The molecule has 1 rings (SSSR count). The van der Waals surface area contributed by atoms with Gasteiger partial charge < -0.3 is 5.11 Å². The molecule has 0 saturated carbocycles. The van der Waals surface area contributed by atoms with Crippen molar-refractivity contribution in [1.82, 2.24) is 4.98 Å². The van der Waals surface area contributed by atoms with Crippen LogP contribution >= 0.6 is 0 Å². The van der Waals surface area contributed by atoms with Crippen LogP contribution in [0.3, 0.4) is 0 Å². The van der Waals surface area contributed by atoms with Crippen molar-refractivity contribution in [2.24, 2.45) is 0 Å². The number of terminal acetylenes is 1. The number of pyridine rings is 1. The van der Waals surface area contributed by atoms with Crippen LogP contribution < -0.4 is 0 Å². The molecule has 1 N–H and O–H groups in total. The van der Waals surface area contributed by atoms with Crippen molar-refractivity contribution in [3.8, 4) is 12.3 Å². The highest BCUT2D eigenvalue weighted by Gasteiger charge is 1.90. The predicted octanol–water partition coefficient (Wildman–Crippen LogP) is 0.555. The summed E-state index contributed by atoms with van der Waals surface area (Å²) in [7, 11) is 0. The second-order valence-electron chi connectivity index (χ2n) is 1.84.